The Kier molecular flexibility index (Phi) is 7.52. The third-order valence-electron chi connectivity index (χ3n) is 3.79. The van der Waals surface area contributed by atoms with Crippen molar-refractivity contribution in [1.82, 2.24) is 5.32 Å². The number of amides is 2. The summed E-state index contributed by atoms with van der Waals surface area (Å²) in [6.07, 6.45) is 3.01. The van der Waals surface area contributed by atoms with E-state index < -0.39 is 5.41 Å². The highest BCUT2D eigenvalue weighted by atomic mass is 35.5. The van der Waals surface area contributed by atoms with Crippen molar-refractivity contribution >= 4 is 47.2 Å². The van der Waals surface area contributed by atoms with E-state index >= 15 is 0 Å². The predicted octanol–water partition coefficient (Wildman–Crippen LogP) is 3.83. The van der Waals surface area contributed by atoms with Crippen LogP contribution in [0, 0.1) is 5.41 Å². The molecular weight excluding hydrogens is 349 g/mol. The molecule has 134 valence electrons. The highest BCUT2D eigenvalue weighted by Gasteiger charge is 2.23. The molecule has 7 heteroatoms. The molecule has 2 amide bonds. The molecule has 1 saturated heterocycles. The fourth-order valence-corrected chi connectivity index (χ4v) is 2.54. The van der Waals surface area contributed by atoms with Crippen LogP contribution in [0.25, 0.3) is 0 Å². The lowest BCUT2D eigenvalue weighted by Crippen LogP contribution is -2.43. The Labute approximate surface area is 154 Å². The Hall–Kier alpha value is -1.30. The number of piperidine rings is 1. The maximum Gasteiger partial charge on any atom is 0.241 e. The summed E-state index contributed by atoms with van der Waals surface area (Å²) in [6.45, 7) is 6.38. The third kappa shape index (κ3) is 5.65. The number of nitrogens with one attached hydrogen (secondary N) is 3. The van der Waals surface area contributed by atoms with Gasteiger partial charge in [-0.1, -0.05) is 38.8 Å². The highest BCUT2D eigenvalue weighted by Crippen LogP contribution is 2.27. The van der Waals surface area contributed by atoms with Crippen LogP contribution in [0.4, 0.5) is 11.4 Å². The molecule has 1 aromatic carbocycles. The average molecular weight is 374 g/mol. The van der Waals surface area contributed by atoms with Gasteiger partial charge in [0.15, 0.2) is 0 Å². The molecule has 0 aromatic heterocycles. The molecule has 1 atom stereocenters. The smallest absolute Gasteiger partial charge is 0.241 e. The molecule has 1 aromatic rings. The van der Waals surface area contributed by atoms with Gasteiger partial charge in [0.25, 0.3) is 0 Å². The zero-order valence-electron chi connectivity index (χ0n) is 14.2. The van der Waals surface area contributed by atoms with Crippen LogP contribution in [0.3, 0.4) is 0 Å². The molecule has 2 rings (SSSR count). The van der Waals surface area contributed by atoms with Gasteiger partial charge >= 0.3 is 0 Å². The van der Waals surface area contributed by atoms with Gasteiger partial charge < -0.3 is 16.0 Å². The summed E-state index contributed by atoms with van der Waals surface area (Å²) in [5.74, 6) is -0.158. The van der Waals surface area contributed by atoms with Crippen molar-refractivity contribution in [3.05, 3.63) is 23.2 Å². The number of benzene rings is 1. The second-order valence-corrected chi connectivity index (χ2v) is 7.30. The van der Waals surface area contributed by atoms with Crippen molar-refractivity contribution < 1.29 is 9.59 Å². The zero-order chi connectivity index (χ0) is 17.0. The van der Waals surface area contributed by atoms with E-state index in [4.69, 9.17) is 11.6 Å². The number of rotatable bonds is 3. The molecule has 1 aliphatic heterocycles. The quantitative estimate of drug-likeness (QED) is 0.753. The van der Waals surface area contributed by atoms with Crippen molar-refractivity contribution in [2.45, 2.75) is 46.1 Å². The maximum atomic E-state index is 12.2. The van der Waals surface area contributed by atoms with E-state index in [0.717, 1.165) is 25.8 Å². The van der Waals surface area contributed by atoms with Gasteiger partial charge in [0.2, 0.25) is 11.8 Å². The number of hydrogen-bond donors (Lipinski definition) is 3. The van der Waals surface area contributed by atoms with Gasteiger partial charge in [-0.15, -0.1) is 12.4 Å². The molecule has 0 radical (unpaired) electrons. The molecule has 24 heavy (non-hydrogen) atoms. The van der Waals surface area contributed by atoms with Crippen LogP contribution in [0.2, 0.25) is 5.02 Å². The van der Waals surface area contributed by atoms with Gasteiger partial charge in [0, 0.05) is 11.1 Å². The standard InChI is InChI=1S/C17H24ClN3O2.ClH/c1-17(2,3)16(23)21-13-8-7-11(10-12(13)18)20-15(22)14-6-4-5-9-19-14;/h7-8,10,14,19H,4-6,9H2,1-3H3,(H,20,22)(H,21,23);1H/t14-;/m1./s1. The SMILES string of the molecule is CC(C)(C)C(=O)Nc1ccc(NC(=O)[C@H]2CCCCN2)cc1Cl.Cl. The molecule has 0 unspecified atom stereocenters. The van der Waals surface area contributed by atoms with Gasteiger partial charge in [0.1, 0.15) is 0 Å². The molecule has 1 heterocycles. The third-order valence-corrected chi connectivity index (χ3v) is 4.11. The van der Waals surface area contributed by atoms with Crippen molar-refractivity contribution in [1.29, 1.82) is 0 Å². The summed E-state index contributed by atoms with van der Waals surface area (Å²) in [4.78, 5) is 24.2. The molecule has 0 aliphatic carbocycles. The lowest BCUT2D eigenvalue weighted by Gasteiger charge is -2.22. The fraction of sp³-hybridized carbons (Fsp3) is 0.529. The van der Waals surface area contributed by atoms with Crippen LogP contribution in [-0.2, 0) is 9.59 Å². The Bertz CT molecular complexity index is 594. The summed E-state index contributed by atoms with van der Waals surface area (Å²) < 4.78 is 0. The van der Waals surface area contributed by atoms with Crippen LogP contribution in [0.15, 0.2) is 18.2 Å². The van der Waals surface area contributed by atoms with Crippen LogP contribution in [0.1, 0.15) is 40.0 Å². The minimum absolute atomic E-state index is 0. The van der Waals surface area contributed by atoms with E-state index in [1.54, 1.807) is 18.2 Å². The molecule has 0 bridgehead atoms. The number of carbonyl (C=O) groups is 2. The van der Waals surface area contributed by atoms with Gasteiger partial charge in [-0.3, -0.25) is 9.59 Å². The molecule has 5 nitrogen and oxygen atoms in total. The van der Waals surface area contributed by atoms with E-state index in [-0.39, 0.29) is 30.3 Å². The minimum Gasteiger partial charge on any atom is -0.325 e. The van der Waals surface area contributed by atoms with Gasteiger partial charge in [-0.2, -0.15) is 0 Å². The van der Waals surface area contributed by atoms with E-state index in [1.807, 2.05) is 20.8 Å². The first-order chi connectivity index (χ1) is 10.8. The number of hydrogen-bond acceptors (Lipinski definition) is 3. The summed E-state index contributed by atoms with van der Waals surface area (Å²) in [7, 11) is 0. The van der Waals surface area contributed by atoms with Crippen LogP contribution < -0.4 is 16.0 Å². The molecule has 3 N–H and O–H groups in total. The Morgan fingerprint density at radius 1 is 1.21 bits per heavy atom. The van der Waals surface area contributed by atoms with Crippen molar-refractivity contribution in [2.24, 2.45) is 5.41 Å². The molecule has 0 saturated carbocycles. The number of halogens is 2. The molecule has 1 fully saturated rings. The Morgan fingerprint density at radius 2 is 1.92 bits per heavy atom. The first-order valence-electron chi connectivity index (χ1n) is 7.92. The largest absolute Gasteiger partial charge is 0.325 e. The van der Waals surface area contributed by atoms with Crippen molar-refractivity contribution in [3.63, 3.8) is 0 Å². The lowest BCUT2D eigenvalue weighted by molar-refractivity contribution is -0.123. The van der Waals surface area contributed by atoms with E-state index in [0.29, 0.717) is 16.4 Å². The van der Waals surface area contributed by atoms with E-state index in [2.05, 4.69) is 16.0 Å². The van der Waals surface area contributed by atoms with Crippen LogP contribution in [-0.4, -0.2) is 24.4 Å². The van der Waals surface area contributed by atoms with Gasteiger partial charge in [-0.05, 0) is 37.6 Å². The van der Waals surface area contributed by atoms with Gasteiger partial charge in [0.05, 0.1) is 16.8 Å². The molecule has 0 spiro atoms. The molecular formula is C17H25Cl2N3O2. The second-order valence-electron chi connectivity index (χ2n) is 6.89. The van der Waals surface area contributed by atoms with E-state index in [9.17, 15) is 9.59 Å². The van der Waals surface area contributed by atoms with Crippen molar-refractivity contribution in [3.8, 4) is 0 Å². The zero-order valence-corrected chi connectivity index (χ0v) is 15.8. The topological polar surface area (TPSA) is 70.2 Å². The highest BCUT2D eigenvalue weighted by molar-refractivity contribution is 6.34. The maximum absolute atomic E-state index is 12.2. The van der Waals surface area contributed by atoms with E-state index in [1.165, 1.54) is 0 Å². The Morgan fingerprint density at radius 3 is 2.46 bits per heavy atom. The normalized spacial score (nSPS) is 17.6. The van der Waals surface area contributed by atoms with Gasteiger partial charge in [-0.25, -0.2) is 0 Å². The van der Waals surface area contributed by atoms with Crippen LogP contribution in [0.5, 0.6) is 0 Å². The average Bonchev–Trinajstić information content (AvgIpc) is 2.49. The lowest BCUT2D eigenvalue weighted by atomic mass is 9.95. The summed E-state index contributed by atoms with van der Waals surface area (Å²) in [5.41, 5.74) is 0.671. The molecule has 1 aliphatic rings. The Balaban J connectivity index is 0.00000288. The number of anilines is 2. The summed E-state index contributed by atoms with van der Waals surface area (Å²) in [6, 6.07) is 4.95. The van der Waals surface area contributed by atoms with Crippen molar-refractivity contribution in [2.75, 3.05) is 17.2 Å². The second kappa shape index (κ2) is 8.70. The predicted molar refractivity (Wildman–Crippen MR) is 101 cm³/mol. The first kappa shape index (κ1) is 20.7. The first-order valence-corrected chi connectivity index (χ1v) is 8.30. The number of carbonyl (C=O) groups excluding carboxylic acids is 2. The van der Waals surface area contributed by atoms with Crippen LogP contribution >= 0.6 is 24.0 Å². The fourth-order valence-electron chi connectivity index (χ4n) is 2.31. The minimum atomic E-state index is -0.497. The summed E-state index contributed by atoms with van der Waals surface area (Å²) >= 11 is 6.21. The monoisotopic (exact) mass is 373 g/mol. The summed E-state index contributed by atoms with van der Waals surface area (Å²) in [5, 5.41) is 9.27.